The van der Waals surface area contributed by atoms with Gasteiger partial charge in [0.1, 0.15) is 6.10 Å². The van der Waals surface area contributed by atoms with E-state index in [0.717, 1.165) is 31.2 Å². The first-order valence-corrected chi connectivity index (χ1v) is 9.40. The maximum atomic E-state index is 12.0. The molecule has 8 nitrogen and oxygen atoms in total. The molecule has 1 spiro atoms. The highest BCUT2D eigenvalue weighted by Crippen LogP contribution is 2.37. The van der Waals surface area contributed by atoms with Gasteiger partial charge in [0, 0.05) is 25.9 Å². The van der Waals surface area contributed by atoms with Gasteiger partial charge < -0.3 is 29.6 Å². The Morgan fingerprint density at radius 2 is 1.81 bits per heavy atom. The lowest BCUT2D eigenvalue weighted by Crippen LogP contribution is -2.43. The monoisotopic (exact) mass is 376 g/mol. The molecule has 3 aliphatic rings. The van der Waals surface area contributed by atoms with Crippen molar-refractivity contribution in [2.24, 2.45) is 0 Å². The van der Waals surface area contributed by atoms with E-state index in [4.69, 9.17) is 18.9 Å². The van der Waals surface area contributed by atoms with Crippen LogP contribution >= 0.6 is 0 Å². The predicted molar refractivity (Wildman–Crippen MR) is 94.1 cm³/mol. The van der Waals surface area contributed by atoms with E-state index in [1.807, 2.05) is 6.07 Å². The van der Waals surface area contributed by atoms with Gasteiger partial charge in [0.05, 0.1) is 6.61 Å². The maximum absolute atomic E-state index is 12.0. The molecule has 2 N–H and O–H groups in total. The molecule has 1 saturated heterocycles. The second kappa shape index (κ2) is 7.74. The van der Waals surface area contributed by atoms with Crippen LogP contribution in [0.4, 0.5) is 0 Å². The minimum absolute atomic E-state index is 0.196. The molecule has 27 heavy (non-hydrogen) atoms. The number of carbonyl (C=O) groups is 2. The van der Waals surface area contributed by atoms with Crippen LogP contribution in [0.3, 0.4) is 0 Å². The molecule has 2 heterocycles. The van der Waals surface area contributed by atoms with Crippen molar-refractivity contribution < 1.29 is 28.5 Å². The van der Waals surface area contributed by atoms with Crippen LogP contribution in [0.25, 0.3) is 0 Å². The third-order valence-corrected chi connectivity index (χ3v) is 5.12. The predicted octanol–water partition coefficient (Wildman–Crippen LogP) is 1.22. The lowest BCUT2D eigenvalue weighted by Gasteiger charge is -2.31. The zero-order chi connectivity index (χ0) is 18.7. The molecule has 0 radical (unpaired) electrons. The van der Waals surface area contributed by atoms with Gasteiger partial charge in [0.25, 0.3) is 0 Å². The average molecular weight is 376 g/mol. The fraction of sp³-hybridized carbons (Fsp3) is 0.579. The number of ether oxygens (including phenoxy) is 4. The van der Waals surface area contributed by atoms with Gasteiger partial charge in [0.15, 0.2) is 17.3 Å². The lowest BCUT2D eigenvalue weighted by molar-refractivity contribution is -0.186. The van der Waals surface area contributed by atoms with Crippen LogP contribution in [0.15, 0.2) is 18.2 Å². The number of nitrogens with one attached hydrogen (secondary N) is 2. The summed E-state index contributed by atoms with van der Waals surface area (Å²) in [6, 6.07) is 5.38. The largest absolute Gasteiger partial charge is 0.454 e. The molecular formula is C19H24N2O6. The van der Waals surface area contributed by atoms with Crippen molar-refractivity contribution in [1.29, 1.82) is 0 Å². The Hall–Kier alpha value is -2.32. The quantitative estimate of drug-likeness (QED) is 0.768. The normalized spacial score (nSPS) is 22.6. The highest BCUT2D eigenvalue weighted by molar-refractivity contribution is 6.35. The molecule has 1 unspecified atom stereocenters. The van der Waals surface area contributed by atoms with Gasteiger partial charge in [-0.05, 0) is 30.5 Å². The summed E-state index contributed by atoms with van der Waals surface area (Å²) in [5.41, 5.74) is 0.826. The van der Waals surface area contributed by atoms with E-state index >= 15 is 0 Å². The summed E-state index contributed by atoms with van der Waals surface area (Å²) in [4.78, 5) is 24.0. The molecule has 1 saturated carbocycles. The lowest BCUT2D eigenvalue weighted by atomic mass is 9.94. The summed E-state index contributed by atoms with van der Waals surface area (Å²) in [7, 11) is 0. The minimum atomic E-state index is -0.682. The Balaban J connectivity index is 1.20. The fourth-order valence-corrected chi connectivity index (χ4v) is 3.67. The molecule has 1 atom stereocenters. The molecule has 0 bridgehead atoms. The molecule has 8 heteroatoms. The smallest absolute Gasteiger partial charge is 0.309 e. The highest BCUT2D eigenvalue weighted by Gasteiger charge is 2.42. The molecular weight excluding hydrogens is 352 g/mol. The molecule has 0 aromatic heterocycles. The second-order valence-electron chi connectivity index (χ2n) is 7.10. The molecule has 2 fully saturated rings. The van der Waals surface area contributed by atoms with Crippen LogP contribution in [0.5, 0.6) is 11.5 Å². The zero-order valence-corrected chi connectivity index (χ0v) is 15.1. The van der Waals surface area contributed by atoms with Gasteiger partial charge in [-0.25, -0.2) is 0 Å². The molecule has 2 aliphatic heterocycles. The first kappa shape index (κ1) is 18.1. The van der Waals surface area contributed by atoms with E-state index in [1.54, 1.807) is 12.1 Å². The number of carbonyl (C=O) groups excluding carboxylic acids is 2. The van der Waals surface area contributed by atoms with Crippen LogP contribution in [0.1, 0.15) is 37.7 Å². The fourth-order valence-electron chi connectivity index (χ4n) is 3.67. The Labute approximate surface area is 157 Å². The second-order valence-corrected chi connectivity index (χ2v) is 7.10. The van der Waals surface area contributed by atoms with Crippen LogP contribution in [0, 0.1) is 0 Å². The van der Waals surface area contributed by atoms with E-state index in [1.165, 1.54) is 6.42 Å². The summed E-state index contributed by atoms with van der Waals surface area (Å²) in [6.45, 7) is 1.13. The third-order valence-electron chi connectivity index (χ3n) is 5.12. The van der Waals surface area contributed by atoms with Crippen molar-refractivity contribution in [2.45, 2.75) is 50.5 Å². The summed E-state index contributed by atoms with van der Waals surface area (Å²) in [6.07, 6.45) is 4.98. The van der Waals surface area contributed by atoms with E-state index in [2.05, 4.69) is 10.6 Å². The Kier molecular flexibility index (Phi) is 5.18. The van der Waals surface area contributed by atoms with Gasteiger partial charge >= 0.3 is 11.8 Å². The minimum Gasteiger partial charge on any atom is -0.454 e. The molecule has 1 aliphatic carbocycles. The number of hydrogen-bond donors (Lipinski definition) is 2. The Bertz CT molecular complexity index is 716. The van der Waals surface area contributed by atoms with E-state index in [0.29, 0.717) is 18.1 Å². The van der Waals surface area contributed by atoms with E-state index < -0.39 is 17.6 Å². The average Bonchev–Trinajstić information content (AvgIpc) is 3.31. The summed E-state index contributed by atoms with van der Waals surface area (Å²) >= 11 is 0. The van der Waals surface area contributed by atoms with Crippen molar-refractivity contribution in [3.8, 4) is 11.5 Å². The van der Waals surface area contributed by atoms with Crippen LogP contribution in [-0.4, -0.2) is 43.7 Å². The van der Waals surface area contributed by atoms with Gasteiger partial charge in [-0.3, -0.25) is 9.59 Å². The number of hydrogen-bond acceptors (Lipinski definition) is 6. The van der Waals surface area contributed by atoms with Gasteiger partial charge in [0.2, 0.25) is 6.79 Å². The van der Waals surface area contributed by atoms with Crippen molar-refractivity contribution in [2.75, 3.05) is 19.9 Å². The van der Waals surface area contributed by atoms with Gasteiger partial charge in [-0.15, -0.1) is 0 Å². The summed E-state index contributed by atoms with van der Waals surface area (Å²) in [5.74, 6) is -0.517. The van der Waals surface area contributed by atoms with Gasteiger partial charge in [-0.1, -0.05) is 12.5 Å². The topological polar surface area (TPSA) is 95.1 Å². The van der Waals surface area contributed by atoms with E-state index in [9.17, 15) is 9.59 Å². The Morgan fingerprint density at radius 3 is 2.67 bits per heavy atom. The number of fused-ring (bicyclic) bond motifs is 1. The molecule has 1 aromatic carbocycles. The summed E-state index contributed by atoms with van der Waals surface area (Å²) < 4.78 is 22.4. The standard InChI is InChI=1S/C19H24N2O6/c22-17(20-9-13-4-5-15-16(8-13)25-12-24-15)18(23)21-10-14-11-26-19(27-14)6-2-1-3-7-19/h4-5,8,14H,1-3,6-7,9-12H2,(H,20,22)(H,21,23). The van der Waals surface area contributed by atoms with Crippen molar-refractivity contribution >= 4 is 11.8 Å². The van der Waals surface area contributed by atoms with Gasteiger partial charge in [-0.2, -0.15) is 0 Å². The maximum Gasteiger partial charge on any atom is 0.309 e. The van der Waals surface area contributed by atoms with Crippen LogP contribution in [0.2, 0.25) is 0 Å². The van der Waals surface area contributed by atoms with Crippen molar-refractivity contribution in [1.82, 2.24) is 10.6 Å². The third kappa shape index (κ3) is 4.17. The highest BCUT2D eigenvalue weighted by atomic mass is 16.7. The number of rotatable bonds is 4. The molecule has 2 amide bonds. The summed E-state index contributed by atoms with van der Waals surface area (Å²) in [5, 5.41) is 5.23. The molecule has 4 rings (SSSR count). The first-order valence-electron chi connectivity index (χ1n) is 9.40. The number of benzene rings is 1. The molecule has 146 valence electrons. The van der Waals surface area contributed by atoms with E-state index in [-0.39, 0.29) is 26.0 Å². The van der Waals surface area contributed by atoms with Crippen LogP contribution in [-0.2, 0) is 25.6 Å². The van der Waals surface area contributed by atoms with Crippen LogP contribution < -0.4 is 20.1 Å². The Morgan fingerprint density at radius 1 is 1.04 bits per heavy atom. The zero-order valence-electron chi connectivity index (χ0n) is 15.1. The van der Waals surface area contributed by atoms with Crippen molar-refractivity contribution in [3.63, 3.8) is 0 Å². The van der Waals surface area contributed by atoms with Crippen molar-refractivity contribution in [3.05, 3.63) is 23.8 Å². The SMILES string of the molecule is O=C(NCc1ccc2c(c1)OCO2)C(=O)NCC1COC2(CCCCC2)O1. The number of amides is 2. The molecule has 1 aromatic rings. The first-order chi connectivity index (χ1) is 13.1.